The molecule has 158 valence electrons. The summed E-state index contributed by atoms with van der Waals surface area (Å²) < 4.78 is 11.5. The zero-order valence-corrected chi connectivity index (χ0v) is 18.4. The first kappa shape index (κ1) is 20.0. The number of furan rings is 1. The number of nitrogens with zero attached hydrogens (tertiary/aromatic N) is 1. The van der Waals surface area contributed by atoms with E-state index in [1.165, 1.54) is 22.1 Å². The highest BCUT2D eigenvalue weighted by Crippen LogP contribution is 2.38. The fourth-order valence-corrected chi connectivity index (χ4v) is 4.35. The fourth-order valence-electron chi connectivity index (χ4n) is 3.81. The predicted molar refractivity (Wildman–Crippen MR) is 130 cm³/mol. The van der Waals surface area contributed by atoms with Crippen LogP contribution in [0.25, 0.3) is 38.4 Å². The van der Waals surface area contributed by atoms with Gasteiger partial charge in [0.25, 0.3) is 0 Å². The molecule has 0 unspecified atom stereocenters. The summed E-state index contributed by atoms with van der Waals surface area (Å²) in [6, 6.07) is 18.5. The molecule has 32 heavy (non-hydrogen) atoms. The average Bonchev–Trinajstić information content (AvgIpc) is 3.47. The Balaban J connectivity index is 1.57. The molecule has 0 bridgehead atoms. The lowest BCUT2D eigenvalue weighted by Crippen LogP contribution is -2.08. The fraction of sp³-hybridized carbons (Fsp3) is 0.0769. The number of aromatic nitrogens is 1. The molecule has 0 fully saturated rings. The zero-order valence-electron chi connectivity index (χ0n) is 17.6. The van der Waals surface area contributed by atoms with Gasteiger partial charge in [-0.3, -0.25) is 10.1 Å². The van der Waals surface area contributed by atoms with Gasteiger partial charge >= 0.3 is 0 Å². The Morgan fingerprint density at radius 2 is 1.97 bits per heavy atom. The largest absolute Gasteiger partial charge is 0.496 e. The van der Waals surface area contributed by atoms with Gasteiger partial charge in [0.15, 0.2) is 5.13 Å². The summed E-state index contributed by atoms with van der Waals surface area (Å²) in [6.45, 7) is 1.89. The van der Waals surface area contributed by atoms with E-state index in [4.69, 9.17) is 9.15 Å². The van der Waals surface area contributed by atoms with E-state index in [1.807, 2.05) is 36.6 Å². The van der Waals surface area contributed by atoms with Crippen molar-refractivity contribution in [2.45, 2.75) is 6.92 Å². The monoisotopic (exact) mass is 440 g/mol. The van der Waals surface area contributed by atoms with Gasteiger partial charge < -0.3 is 9.15 Å². The standard InChI is InChI=1S/C26H20N2O3S/c1-16(11-25(29)28-26-27-9-10-32-26)20-13-21-22(15-31-24(21)14-23(20)30-2)19-8-7-17-5-3-4-6-18(17)12-19/h3-15H,1-2H3,(H,27,28,29)/b16-11+. The molecule has 0 saturated heterocycles. The summed E-state index contributed by atoms with van der Waals surface area (Å²) in [5.41, 5.74) is 4.41. The second-order valence-corrected chi connectivity index (χ2v) is 8.31. The van der Waals surface area contributed by atoms with Gasteiger partial charge in [-0.1, -0.05) is 36.4 Å². The normalized spacial score (nSPS) is 11.8. The van der Waals surface area contributed by atoms with Crippen molar-refractivity contribution in [2.24, 2.45) is 0 Å². The van der Waals surface area contributed by atoms with Crippen LogP contribution < -0.4 is 10.1 Å². The predicted octanol–water partition coefficient (Wildman–Crippen LogP) is 6.76. The minimum absolute atomic E-state index is 0.235. The zero-order chi connectivity index (χ0) is 22.1. The smallest absolute Gasteiger partial charge is 0.250 e. The molecule has 0 spiro atoms. The second-order valence-electron chi connectivity index (χ2n) is 7.41. The number of rotatable bonds is 5. The Hall–Kier alpha value is -3.90. The molecule has 0 saturated carbocycles. The minimum atomic E-state index is -0.235. The summed E-state index contributed by atoms with van der Waals surface area (Å²) in [6.07, 6.45) is 4.98. The number of anilines is 1. The number of ether oxygens (including phenoxy) is 1. The molecule has 2 aromatic heterocycles. The molecule has 6 heteroatoms. The molecule has 2 heterocycles. The van der Waals surface area contributed by atoms with Gasteiger partial charge in [0.1, 0.15) is 11.3 Å². The van der Waals surface area contributed by atoms with Crippen LogP contribution >= 0.6 is 11.3 Å². The van der Waals surface area contributed by atoms with E-state index >= 15 is 0 Å². The van der Waals surface area contributed by atoms with Crippen molar-refractivity contribution in [1.82, 2.24) is 4.98 Å². The van der Waals surface area contributed by atoms with Crippen LogP contribution in [0.4, 0.5) is 5.13 Å². The van der Waals surface area contributed by atoms with Crippen molar-refractivity contribution in [3.8, 4) is 16.9 Å². The summed E-state index contributed by atoms with van der Waals surface area (Å²) in [5, 5.41) is 8.48. The van der Waals surface area contributed by atoms with E-state index in [9.17, 15) is 4.79 Å². The molecule has 5 aromatic rings. The molecule has 0 aliphatic carbocycles. The highest BCUT2D eigenvalue weighted by Gasteiger charge is 2.15. The SMILES string of the molecule is COc1cc2occ(-c3ccc4ccccc4c3)c2cc1/C(C)=C/C(=O)Nc1nccs1. The highest BCUT2D eigenvalue weighted by atomic mass is 32.1. The maximum atomic E-state index is 12.4. The lowest BCUT2D eigenvalue weighted by molar-refractivity contribution is -0.111. The van der Waals surface area contributed by atoms with E-state index < -0.39 is 0 Å². The summed E-state index contributed by atoms with van der Waals surface area (Å²) in [7, 11) is 1.61. The number of methoxy groups -OCH3 is 1. The lowest BCUT2D eigenvalue weighted by atomic mass is 9.97. The van der Waals surface area contributed by atoms with Crippen molar-refractivity contribution in [2.75, 3.05) is 12.4 Å². The summed E-state index contributed by atoms with van der Waals surface area (Å²) in [4.78, 5) is 16.5. The topological polar surface area (TPSA) is 64.4 Å². The number of hydrogen-bond acceptors (Lipinski definition) is 5. The van der Waals surface area contributed by atoms with Crippen LogP contribution in [0.15, 0.2) is 82.9 Å². The number of hydrogen-bond donors (Lipinski definition) is 1. The quantitative estimate of drug-likeness (QED) is 0.307. The van der Waals surface area contributed by atoms with E-state index in [0.29, 0.717) is 10.9 Å². The molecule has 0 aliphatic rings. The maximum absolute atomic E-state index is 12.4. The second kappa shape index (κ2) is 8.32. The number of carbonyl (C=O) groups is 1. The van der Waals surface area contributed by atoms with Gasteiger partial charge in [0.2, 0.25) is 5.91 Å². The van der Waals surface area contributed by atoms with Crippen molar-refractivity contribution in [3.63, 3.8) is 0 Å². The number of amides is 1. The molecule has 5 rings (SSSR count). The number of nitrogens with one attached hydrogen (secondary N) is 1. The number of thiazole rings is 1. The Morgan fingerprint density at radius 3 is 2.75 bits per heavy atom. The molecule has 1 amide bonds. The Labute approximate surface area is 189 Å². The van der Waals surface area contributed by atoms with E-state index in [0.717, 1.165) is 33.2 Å². The maximum Gasteiger partial charge on any atom is 0.250 e. The third kappa shape index (κ3) is 3.76. The molecule has 5 nitrogen and oxygen atoms in total. The van der Waals surface area contributed by atoms with Crippen LogP contribution in [0.2, 0.25) is 0 Å². The van der Waals surface area contributed by atoms with Crippen molar-refractivity contribution in [1.29, 1.82) is 0 Å². The van der Waals surface area contributed by atoms with Crippen LogP contribution in [0.3, 0.4) is 0 Å². The van der Waals surface area contributed by atoms with Crippen LogP contribution in [0.5, 0.6) is 5.75 Å². The van der Waals surface area contributed by atoms with Crippen molar-refractivity contribution >= 4 is 49.7 Å². The Bertz CT molecular complexity index is 1470. The number of fused-ring (bicyclic) bond motifs is 2. The third-order valence-corrected chi connectivity index (χ3v) is 6.08. The molecular weight excluding hydrogens is 420 g/mol. The van der Waals surface area contributed by atoms with Crippen molar-refractivity contribution < 1.29 is 13.9 Å². The third-order valence-electron chi connectivity index (χ3n) is 5.39. The van der Waals surface area contributed by atoms with Crippen LogP contribution in [-0.4, -0.2) is 18.0 Å². The molecule has 0 radical (unpaired) electrons. The molecule has 0 atom stereocenters. The molecule has 1 N–H and O–H groups in total. The highest BCUT2D eigenvalue weighted by molar-refractivity contribution is 7.13. The van der Waals surface area contributed by atoms with Crippen LogP contribution in [-0.2, 0) is 4.79 Å². The van der Waals surface area contributed by atoms with Gasteiger partial charge in [-0.05, 0) is 41.0 Å². The van der Waals surface area contributed by atoms with E-state index in [1.54, 1.807) is 25.6 Å². The van der Waals surface area contributed by atoms with Crippen LogP contribution in [0.1, 0.15) is 12.5 Å². The number of benzene rings is 3. The first-order chi connectivity index (χ1) is 15.6. The Morgan fingerprint density at radius 1 is 1.12 bits per heavy atom. The first-order valence-electron chi connectivity index (χ1n) is 10.1. The molecule has 0 aliphatic heterocycles. The number of allylic oxidation sites excluding steroid dienone is 1. The van der Waals surface area contributed by atoms with Gasteiger partial charge in [-0.2, -0.15) is 0 Å². The van der Waals surface area contributed by atoms with Gasteiger partial charge in [-0.25, -0.2) is 4.98 Å². The summed E-state index contributed by atoms with van der Waals surface area (Å²) in [5.74, 6) is 0.411. The van der Waals surface area contributed by atoms with E-state index in [-0.39, 0.29) is 5.91 Å². The lowest BCUT2D eigenvalue weighted by Gasteiger charge is -2.10. The Kier molecular flexibility index (Phi) is 5.21. The summed E-state index contributed by atoms with van der Waals surface area (Å²) >= 11 is 1.38. The van der Waals surface area contributed by atoms with Crippen molar-refractivity contribution in [3.05, 3.63) is 84.1 Å². The van der Waals surface area contributed by atoms with Gasteiger partial charge in [0.05, 0.1) is 13.4 Å². The van der Waals surface area contributed by atoms with Crippen LogP contribution in [0, 0.1) is 0 Å². The minimum Gasteiger partial charge on any atom is -0.496 e. The number of carbonyl (C=O) groups excluding carboxylic acids is 1. The van der Waals surface area contributed by atoms with Gasteiger partial charge in [0, 0.05) is 40.2 Å². The van der Waals surface area contributed by atoms with E-state index in [2.05, 4.69) is 40.6 Å². The molecule has 3 aromatic carbocycles. The first-order valence-corrected chi connectivity index (χ1v) is 11.0. The molecular formula is C26H20N2O3S. The average molecular weight is 441 g/mol. The van der Waals surface area contributed by atoms with Gasteiger partial charge in [-0.15, -0.1) is 11.3 Å².